The van der Waals surface area contributed by atoms with Gasteiger partial charge in [-0.05, 0) is 43.2 Å². The number of amides is 1. The van der Waals surface area contributed by atoms with Gasteiger partial charge in [0.2, 0.25) is 5.91 Å². The third-order valence-electron chi connectivity index (χ3n) is 3.72. The Morgan fingerprint density at radius 3 is 2.74 bits per heavy atom. The topological polar surface area (TPSA) is 67.2 Å². The fraction of sp³-hybridized carbons (Fsp3) is 0.278. The van der Waals surface area contributed by atoms with Gasteiger partial charge in [0.1, 0.15) is 5.82 Å². The quantitative estimate of drug-likeness (QED) is 0.716. The summed E-state index contributed by atoms with van der Waals surface area (Å²) in [7, 11) is 0. The van der Waals surface area contributed by atoms with E-state index in [9.17, 15) is 9.18 Å². The van der Waals surface area contributed by atoms with E-state index in [2.05, 4.69) is 36.6 Å². The molecule has 0 unspecified atom stereocenters. The highest BCUT2D eigenvalue weighted by atomic mass is 19.1. The molecule has 2 aromatic rings. The van der Waals surface area contributed by atoms with Crippen molar-refractivity contribution in [2.24, 2.45) is 0 Å². The van der Waals surface area contributed by atoms with Crippen LogP contribution in [0.2, 0.25) is 0 Å². The van der Waals surface area contributed by atoms with Crippen LogP contribution in [0.1, 0.15) is 30.5 Å². The highest BCUT2D eigenvalue weighted by Gasteiger charge is 2.10. The number of aryl methyl sites for hydroxylation is 1. The fourth-order valence-corrected chi connectivity index (χ4v) is 2.44. The minimum absolute atomic E-state index is 0.113. The molecule has 0 spiro atoms. The maximum absolute atomic E-state index is 13.6. The molecule has 0 saturated carbocycles. The molecule has 0 aliphatic carbocycles. The van der Waals surface area contributed by atoms with Gasteiger partial charge in [-0.3, -0.25) is 4.79 Å². The van der Waals surface area contributed by atoms with Crippen molar-refractivity contribution in [3.63, 3.8) is 0 Å². The molecule has 0 fully saturated rings. The Morgan fingerprint density at radius 1 is 1.26 bits per heavy atom. The van der Waals surface area contributed by atoms with Gasteiger partial charge in [0.15, 0.2) is 0 Å². The predicted octanol–water partition coefficient (Wildman–Crippen LogP) is 3.40. The molecule has 0 aromatic heterocycles. The van der Waals surface area contributed by atoms with E-state index in [-0.39, 0.29) is 24.1 Å². The van der Waals surface area contributed by atoms with Crippen molar-refractivity contribution in [3.8, 4) is 0 Å². The number of nitrogens with one attached hydrogen (secondary N) is 2. The van der Waals surface area contributed by atoms with Gasteiger partial charge in [-0.15, -0.1) is 0 Å². The Kier molecular flexibility index (Phi) is 5.71. The molecule has 23 heavy (non-hydrogen) atoms. The second-order valence-electron chi connectivity index (χ2n) is 5.57. The summed E-state index contributed by atoms with van der Waals surface area (Å²) < 4.78 is 13.6. The standard InChI is InChI=1S/C18H22FN3O/c1-12-5-3-4-6-15(12)13(2)21-10-9-18(23)22-17-11-14(20)7-8-16(17)19/h3-8,11,13,21H,9-10,20H2,1-2H3,(H,22,23)/t13-/m1/s1. The van der Waals surface area contributed by atoms with Crippen LogP contribution in [0.15, 0.2) is 42.5 Å². The van der Waals surface area contributed by atoms with Gasteiger partial charge in [-0.25, -0.2) is 4.39 Å². The van der Waals surface area contributed by atoms with Crippen molar-refractivity contribution >= 4 is 17.3 Å². The lowest BCUT2D eigenvalue weighted by atomic mass is 10.0. The van der Waals surface area contributed by atoms with E-state index in [0.717, 1.165) is 0 Å². The molecule has 122 valence electrons. The first-order chi connectivity index (χ1) is 11.0. The molecule has 0 bridgehead atoms. The molecule has 5 heteroatoms. The summed E-state index contributed by atoms with van der Waals surface area (Å²) in [4.78, 5) is 11.9. The molecular weight excluding hydrogens is 293 g/mol. The number of carbonyl (C=O) groups is 1. The van der Waals surface area contributed by atoms with E-state index in [0.29, 0.717) is 12.2 Å². The van der Waals surface area contributed by atoms with Crippen LogP contribution in [0.25, 0.3) is 0 Å². The lowest BCUT2D eigenvalue weighted by Gasteiger charge is -2.16. The van der Waals surface area contributed by atoms with Gasteiger partial charge >= 0.3 is 0 Å². The van der Waals surface area contributed by atoms with E-state index in [1.165, 1.54) is 29.3 Å². The van der Waals surface area contributed by atoms with Crippen molar-refractivity contribution in [1.29, 1.82) is 0 Å². The van der Waals surface area contributed by atoms with Crippen LogP contribution < -0.4 is 16.4 Å². The smallest absolute Gasteiger partial charge is 0.225 e. The Labute approximate surface area is 135 Å². The molecule has 2 rings (SSSR count). The highest BCUT2D eigenvalue weighted by molar-refractivity contribution is 5.91. The molecule has 4 nitrogen and oxygen atoms in total. The van der Waals surface area contributed by atoms with E-state index in [4.69, 9.17) is 5.73 Å². The van der Waals surface area contributed by atoms with Crippen LogP contribution in [0.5, 0.6) is 0 Å². The van der Waals surface area contributed by atoms with E-state index >= 15 is 0 Å². The molecule has 2 aromatic carbocycles. The number of anilines is 2. The molecule has 1 atom stereocenters. The maximum atomic E-state index is 13.6. The van der Waals surface area contributed by atoms with E-state index in [1.54, 1.807) is 0 Å². The first-order valence-corrected chi connectivity index (χ1v) is 7.61. The van der Waals surface area contributed by atoms with Crippen LogP contribution in [0.4, 0.5) is 15.8 Å². The van der Waals surface area contributed by atoms with Crippen molar-refractivity contribution < 1.29 is 9.18 Å². The molecule has 0 radical (unpaired) electrons. The van der Waals surface area contributed by atoms with Crippen molar-refractivity contribution in [1.82, 2.24) is 5.32 Å². The van der Waals surface area contributed by atoms with Crippen molar-refractivity contribution in [2.75, 3.05) is 17.6 Å². The summed E-state index contributed by atoms with van der Waals surface area (Å²) in [6.07, 6.45) is 0.254. The summed E-state index contributed by atoms with van der Waals surface area (Å²) in [6.45, 7) is 4.62. The second kappa shape index (κ2) is 7.74. The predicted molar refractivity (Wildman–Crippen MR) is 91.7 cm³/mol. The van der Waals surface area contributed by atoms with Crippen molar-refractivity contribution in [3.05, 3.63) is 59.4 Å². The third-order valence-corrected chi connectivity index (χ3v) is 3.72. The van der Waals surface area contributed by atoms with Gasteiger partial charge in [-0.2, -0.15) is 0 Å². The van der Waals surface area contributed by atoms with Crippen LogP contribution in [-0.4, -0.2) is 12.5 Å². The molecule has 4 N–H and O–H groups in total. The van der Waals surface area contributed by atoms with Gasteiger partial charge in [0.05, 0.1) is 5.69 Å². The fourth-order valence-electron chi connectivity index (χ4n) is 2.44. The Morgan fingerprint density at radius 2 is 2.00 bits per heavy atom. The number of nitrogen functional groups attached to an aromatic ring is 1. The number of rotatable bonds is 6. The zero-order valence-corrected chi connectivity index (χ0v) is 13.4. The number of halogens is 1. The van der Waals surface area contributed by atoms with Gasteiger partial charge in [0, 0.05) is 24.7 Å². The van der Waals surface area contributed by atoms with Crippen LogP contribution in [0, 0.1) is 12.7 Å². The minimum atomic E-state index is -0.492. The van der Waals surface area contributed by atoms with Gasteiger partial charge in [0.25, 0.3) is 0 Å². The van der Waals surface area contributed by atoms with Crippen LogP contribution in [-0.2, 0) is 4.79 Å². The van der Waals surface area contributed by atoms with E-state index in [1.807, 2.05) is 12.1 Å². The molecule has 0 saturated heterocycles. The van der Waals surface area contributed by atoms with Gasteiger partial charge in [-0.1, -0.05) is 24.3 Å². The Bertz CT molecular complexity index is 688. The molecule has 0 aliphatic rings. The monoisotopic (exact) mass is 315 g/mol. The summed E-state index contributed by atoms with van der Waals surface area (Å²) in [5.74, 6) is -0.743. The molecule has 0 heterocycles. The molecule has 0 aliphatic heterocycles. The van der Waals surface area contributed by atoms with Crippen LogP contribution >= 0.6 is 0 Å². The van der Waals surface area contributed by atoms with Crippen molar-refractivity contribution in [2.45, 2.75) is 26.3 Å². The summed E-state index contributed by atoms with van der Waals surface area (Å²) >= 11 is 0. The highest BCUT2D eigenvalue weighted by Crippen LogP contribution is 2.18. The van der Waals surface area contributed by atoms with E-state index < -0.39 is 5.82 Å². The number of hydrogen-bond acceptors (Lipinski definition) is 3. The Hall–Kier alpha value is -2.40. The number of carbonyl (C=O) groups excluding carboxylic acids is 1. The minimum Gasteiger partial charge on any atom is -0.399 e. The molecular formula is C18H22FN3O. The number of hydrogen-bond donors (Lipinski definition) is 3. The number of nitrogens with two attached hydrogens (primary N) is 1. The molecule has 1 amide bonds. The SMILES string of the molecule is Cc1ccccc1[C@@H](C)NCCC(=O)Nc1cc(N)ccc1F. The summed E-state index contributed by atoms with van der Waals surface area (Å²) in [5, 5.41) is 5.85. The summed E-state index contributed by atoms with van der Waals surface area (Å²) in [6, 6.07) is 12.4. The lowest BCUT2D eigenvalue weighted by molar-refractivity contribution is -0.116. The van der Waals surface area contributed by atoms with Crippen LogP contribution in [0.3, 0.4) is 0 Å². The lowest BCUT2D eigenvalue weighted by Crippen LogP contribution is -2.25. The normalized spacial score (nSPS) is 12.0. The number of benzene rings is 2. The average molecular weight is 315 g/mol. The average Bonchev–Trinajstić information content (AvgIpc) is 2.51. The Balaban J connectivity index is 1.83. The maximum Gasteiger partial charge on any atom is 0.225 e. The zero-order chi connectivity index (χ0) is 16.8. The van der Waals surface area contributed by atoms with Gasteiger partial charge < -0.3 is 16.4 Å². The third kappa shape index (κ3) is 4.79. The second-order valence-corrected chi connectivity index (χ2v) is 5.57. The first kappa shape index (κ1) is 17.0. The first-order valence-electron chi connectivity index (χ1n) is 7.61. The largest absolute Gasteiger partial charge is 0.399 e. The zero-order valence-electron chi connectivity index (χ0n) is 13.4. The summed E-state index contributed by atoms with van der Waals surface area (Å²) in [5.41, 5.74) is 8.53.